The van der Waals surface area contributed by atoms with Crippen LogP contribution in [0.15, 0.2) is 49.1 Å². The fraction of sp³-hybridized carbons (Fsp3) is 0.348. The number of nitrogens with zero attached hydrogens (tertiary/aromatic N) is 2. The van der Waals surface area contributed by atoms with E-state index in [1.54, 1.807) is 0 Å². The molecule has 4 nitrogen and oxygen atoms in total. The van der Waals surface area contributed by atoms with Crippen molar-refractivity contribution < 1.29 is 9.84 Å². The summed E-state index contributed by atoms with van der Waals surface area (Å²) in [6.45, 7) is 9.46. The van der Waals surface area contributed by atoms with E-state index in [0.29, 0.717) is 6.61 Å². The Labute approximate surface area is 161 Å². The zero-order chi connectivity index (χ0) is 19.2. The third kappa shape index (κ3) is 4.40. The highest BCUT2D eigenvalue weighted by atomic mass is 16.5. The average Bonchev–Trinajstić information content (AvgIpc) is 3.00. The molecule has 27 heavy (non-hydrogen) atoms. The van der Waals surface area contributed by atoms with E-state index in [1.807, 2.05) is 24.3 Å². The van der Waals surface area contributed by atoms with Gasteiger partial charge in [-0.15, -0.1) is 6.58 Å². The number of fused-ring (bicyclic) bond motifs is 1. The lowest BCUT2D eigenvalue weighted by atomic mass is 10.1. The third-order valence-corrected chi connectivity index (χ3v) is 4.95. The number of aliphatic hydroxyl groups is 1. The summed E-state index contributed by atoms with van der Waals surface area (Å²) in [6, 6.07) is 12.4. The highest BCUT2D eigenvalue weighted by molar-refractivity contribution is 5.78. The molecule has 3 aromatic rings. The SMILES string of the molecule is C=CCc1ccccc1OCCCCn1c(CO)nc2cc(C)c(C)cc21. The van der Waals surface area contributed by atoms with Crippen molar-refractivity contribution >= 4 is 11.0 Å². The molecular weight excluding hydrogens is 336 g/mol. The minimum absolute atomic E-state index is 0.0434. The van der Waals surface area contributed by atoms with Gasteiger partial charge in [0.1, 0.15) is 18.2 Å². The second-order valence-electron chi connectivity index (χ2n) is 6.92. The summed E-state index contributed by atoms with van der Waals surface area (Å²) in [5.74, 6) is 1.67. The number of ether oxygens (including phenoxy) is 1. The first-order chi connectivity index (χ1) is 13.1. The van der Waals surface area contributed by atoms with E-state index in [2.05, 4.69) is 48.2 Å². The standard InChI is InChI=1S/C23H28N2O2/c1-4-9-19-10-5-6-11-22(19)27-13-8-7-12-25-21-15-18(3)17(2)14-20(21)24-23(25)16-26/h4-6,10-11,14-15,26H,1,7-9,12-13,16H2,2-3H3. The van der Waals surface area contributed by atoms with E-state index in [-0.39, 0.29) is 6.61 Å². The number of hydrogen-bond acceptors (Lipinski definition) is 3. The maximum Gasteiger partial charge on any atom is 0.135 e. The predicted octanol–water partition coefficient (Wildman–Crippen LogP) is 4.73. The normalized spacial score (nSPS) is 11.1. The van der Waals surface area contributed by atoms with Gasteiger partial charge in [0, 0.05) is 6.54 Å². The number of para-hydroxylation sites is 1. The molecule has 142 valence electrons. The number of aryl methyl sites for hydroxylation is 3. The first-order valence-corrected chi connectivity index (χ1v) is 9.53. The van der Waals surface area contributed by atoms with Gasteiger partial charge in [0.15, 0.2) is 0 Å². The molecule has 0 radical (unpaired) electrons. The lowest BCUT2D eigenvalue weighted by molar-refractivity contribution is 0.263. The van der Waals surface area contributed by atoms with Gasteiger partial charge in [-0.3, -0.25) is 0 Å². The van der Waals surface area contributed by atoms with Crippen molar-refractivity contribution in [3.63, 3.8) is 0 Å². The van der Waals surface area contributed by atoms with Gasteiger partial charge in [-0.2, -0.15) is 0 Å². The molecule has 0 fully saturated rings. The van der Waals surface area contributed by atoms with Gasteiger partial charge in [0.25, 0.3) is 0 Å². The van der Waals surface area contributed by atoms with Gasteiger partial charge in [0.05, 0.1) is 17.6 Å². The molecular formula is C23H28N2O2. The first kappa shape index (κ1) is 19.2. The van der Waals surface area contributed by atoms with E-state index in [4.69, 9.17) is 4.74 Å². The highest BCUT2D eigenvalue weighted by Crippen LogP contribution is 2.22. The van der Waals surface area contributed by atoms with Gasteiger partial charge < -0.3 is 14.4 Å². The largest absolute Gasteiger partial charge is 0.493 e. The van der Waals surface area contributed by atoms with Crippen LogP contribution in [0.1, 0.15) is 35.4 Å². The Morgan fingerprint density at radius 2 is 1.93 bits per heavy atom. The van der Waals surface area contributed by atoms with Crippen LogP contribution < -0.4 is 4.74 Å². The Morgan fingerprint density at radius 3 is 2.70 bits per heavy atom. The number of allylic oxidation sites excluding steroid dienone is 1. The summed E-state index contributed by atoms with van der Waals surface area (Å²) in [4.78, 5) is 4.58. The molecule has 0 bridgehead atoms. The van der Waals surface area contributed by atoms with Gasteiger partial charge >= 0.3 is 0 Å². The number of aromatic nitrogens is 2. The van der Waals surface area contributed by atoms with E-state index < -0.39 is 0 Å². The fourth-order valence-electron chi connectivity index (χ4n) is 3.32. The molecule has 3 rings (SSSR count). The summed E-state index contributed by atoms with van der Waals surface area (Å²) >= 11 is 0. The molecule has 0 amide bonds. The molecule has 1 heterocycles. The molecule has 1 N–H and O–H groups in total. The number of imidazole rings is 1. The van der Waals surface area contributed by atoms with E-state index in [0.717, 1.165) is 48.4 Å². The quantitative estimate of drug-likeness (QED) is 0.441. The number of unbranched alkanes of at least 4 members (excludes halogenated alkanes) is 1. The Morgan fingerprint density at radius 1 is 1.15 bits per heavy atom. The zero-order valence-corrected chi connectivity index (χ0v) is 16.2. The summed E-state index contributed by atoms with van der Waals surface area (Å²) in [5, 5.41) is 9.67. The number of rotatable bonds is 9. The molecule has 0 spiro atoms. The molecule has 2 aromatic carbocycles. The van der Waals surface area contributed by atoms with E-state index >= 15 is 0 Å². The number of hydrogen-bond donors (Lipinski definition) is 1. The van der Waals surface area contributed by atoms with E-state index in [1.165, 1.54) is 16.7 Å². The molecule has 0 aliphatic heterocycles. The minimum atomic E-state index is -0.0434. The van der Waals surface area contributed by atoms with Crippen LogP contribution >= 0.6 is 0 Å². The van der Waals surface area contributed by atoms with Crippen molar-refractivity contribution in [3.8, 4) is 5.75 Å². The van der Waals surface area contributed by atoms with Crippen molar-refractivity contribution in [1.82, 2.24) is 9.55 Å². The first-order valence-electron chi connectivity index (χ1n) is 9.53. The van der Waals surface area contributed by atoms with Crippen LogP contribution in [-0.4, -0.2) is 21.3 Å². The molecule has 4 heteroatoms. The molecule has 0 saturated heterocycles. The van der Waals surface area contributed by atoms with Crippen LogP contribution in [-0.2, 0) is 19.6 Å². The summed E-state index contributed by atoms with van der Waals surface area (Å²) in [6.07, 6.45) is 4.62. The second kappa shape index (κ2) is 8.87. The molecule has 0 saturated carbocycles. The van der Waals surface area contributed by atoms with Crippen molar-refractivity contribution in [1.29, 1.82) is 0 Å². The van der Waals surface area contributed by atoms with Crippen LogP contribution in [0.4, 0.5) is 0 Å². The van der Waals surface area contributed by atoms with Crippen molar-refractivity contribution in [2.24, 2.45) is 0 Å². The average molecular weight is 364 g/mol. The van der Waals surface area contributed by atoms with Gasteiger partial charge in [0.2, 0.25) is 0 Å². The lowest BCUT2D eigenvalue weighted by Gasteiger charge is -2.11. The maximum absolute atomic E-state index is 9.67. The smallest absolute Gasteiger partial charge is 0.135 e. The minimum Gasteiger partial charge on any atom is -0.493 e. The van der Waals surface area contributed by atoms with Crippen molar-refractivity contribution in [2.45, 2.75) is 46.3 Å². The van der Waals surface area contributed by atoms with Crippen LogP contribution in [0.3, 0.4) is 0 Å². The topological polar surface area (TPSA) is 47.3 Å². The fourth-order valence-corrected chi connectivity index (χ4v) is 3.32. The maximum atomic E-state index is 9.67. The second-order valence-corrected chi connectivity index (χ2v) is 6.92. The Kier molecular flexibility index (Phi) is 6.30. The Bertz CT molecular complexity index is 928. The number of aliphatic hydroxyl groups excluding tert-OH is 1. The molecule has 0 unspecified atom stereocenters. The predicted molar refractivity (Wildman–Crippen MR) is 110 cm³/mol. The molecule has 1 aromatic heterocycles. The monoisotopic (exact) mass is 364 g/mol. The van der Waals surface area contributed by atoms with Gasteiger partial charge in [-0.1, -0.05) is 24.3 Å². The summed E-state index contributed by atoms with van der Waals surface area (Å²) in [5.41, 5.74) is 5.69. The molecule has 0 aliphatic carbocycles. The highest BCUT2D eigenvalue weighted by Gasteiger charge is 2.11. The number of benzene rings is 2. The van der Waals surface area contributed by atoms with Gasteiger partial charge in [-0.25, -0.2) is 4.98 Å². The Hall–Kier alpha value is -2.59. The van der Waals surface area contributed by atoms with Crippen molar-refractivity contribution in [3.05, 3.63) is 71.6 Å². The van der Waals surface area contributed by atoms with Crippen LogP contribution in [0.5, 0.6) is 5.75 Å². The van der Waals surface area contributed by atoms with Crippen LogP contribution in [0.2, 0.25) is 0 Å². The molecule has 0 atom stereocenters. The van der Waals surface area contributed by atoms with Crippen LogP contribution in [0, 0.1) is 13.8 Å². The van der Waals surface area contributed by atoms with Crippen LogP contribution in [0.25, 0.3) is 11.0 Å². The summed E-state index contributed by atoms with van der Waals surface area (Å²) < 4.78 is 8.10. The zero-order valence-electron chi connectivity index (χ0n) is 16.2. The lowest BCUT2D eigenvalue weighted by Crippen LogP contribution is -2.06. The Balaban J connectivity index is 1.61. The van der Waals surface area contributed by atoms with Crippen molar-refractivity contribution in [2.75, 3.05) is 6.61 Å². The van der Waals surface area contributed by atoms with Gasteiger partial charge in [-0.05, 0) is 68.0 Å². The summed E-state index contributed by atoms with van der Waals surface area (Å²) in [7, 11) is 0. The van der Waals surface area contributed by atoms with E-state index in [9.17, 15) is 5.11 Å². The third-order valence-electron chi connectivity index (χ3n) is 4.95. The molecule has 0 aliphatic rings.